The van der Waals surface area contributed by atoms with E-state index in [1.165, 1.54) is 24.3 Å². The largest absolute Gasteiger partial charge is 0.489 e. The van der Waals surface area contributed by atoms with Crippen LogP contribution in [-0.4, -0.2) is 11.9 Å². The number of carbonyl (C=O) groups excluding carboxylic acids is 2. The zero-order chi connectivity index (χ0) is 23.2. The van der Waals surface area contributed by atoms with Gasteiger partial charge < -0.3 is 19.6 Å². The summed E-state index contributed by atoms with van der Waals surface area (Å²) in [5.41, 5.74) is 6.09. The first-order chi connectivity index (χ1) is 16.0. The Balaban J connectivity index is 1.37. The highest BCUT2D eigenvalue weighted by atomic mass is 16.5. The van der Waals surface area contributed by atoms with Crippen LogP contribution in [0, 0.1) is 0 Å². The summed E-state index contributed by atoms with van der Waals surface area (Å²) in [5.74, 6) is -0.565. The smallest absolute Gasteiger partial charge is 0.349 e. The number of ether oxygens (including phenoxy) is 2. The van der Waals surface area contributed by atoms with Gasteiger partial charge in [0.25, 0.3) is 5.91 Å². The maximum atomic E-state index is 12.2. The Bertz CT molecular complexity index is 1390. The number of carbonyl (C=O) groups is 2. The van der Waals surface area contributed by atoms with Gasteiger partial charge in [0.1, 0.15) is 29.3 Å². The van der Waals surface area contributed by atoms with E-state index >= 15 is 0 Å². The molecule has 0 aliphatic rings. The number of esters is 1. The Morgan fingerprint density at radius 3 is 2.36 bits per heavy atom. The summed E-state index contributed by atoms with van der Waals surface area (Å²) in [4.78, 5) is 35.2. The van der Waals surface area contributed by atoms with Gasteiger partial charge in [0.05, 0.1) is 0 Å². The summed E-state index contributed by atoms with van der Waals surface area (Å²) in [5, 5.41) is 0.480. The van der Waals surface area contributed by atoms with E-state index in [1.54, 1.807) is 12.1 Å². The van der Waals surface area contributed by atoms with Crippen molar-refractivity contribution < 1.29 is 23.5 Å². The highest BCUT2D eigenvalue weighted by Gasteiger charge is 2.11. The lowest BCUT2D eigenvalue weighted by Gasteiger charge is -2.06. The average Bonchev–Trinajstić information content (AvgIpc) is 2.82. The minimum atomic E-state index is -0.873. The van der Waals surface area contributed by atoms with Gasteiger partial charge in [-0.2, -0.15) is 0 Å². The molecular weight excluding hydrogens is 422 g/mol. The van der Waals surface area contributed by atoms with Gasteiger partial charge in [-0.25, -0.2) is 9.59 Å². The fourth-order valence-electron chi connectivity index (χ4n) is 3.06. The van der Waals surface area contributed by atoms with E-state index in [2.05, 4.69) is 0 Å². The third-order valence-electron chi connectivity index (χ3n) is 4.73. The van der Waals surface area contributed by atoms with Crippen LogP contribution in [0.1, 0.15) is 21.5 Å². The van der Waals surface area contributed by atoms with Crippen LogP contribution in [-0.2, 0) is 11.4 Å². The molecule has 0 saturated heterocycles. The Labute approximate surface area is 188 Å². The SMILES string of the molecule is NC(=O)c1cc2ccc(OC(=O)/C=C/c3ccc(OCc4ccccc4)cc3)cc2oc1=O. The van der Waals surface area contributed by atoms with Gasteiger partial charge >= 0.3 is 11.6 Å². The molecule has 0 bridgehead atoms. The van der Waals surface area contributed by atoms with Gasteiger partial charge in [-0.05, 0) is 47.5 Å². The predicted octanol–water partition coefficient (Wildman–Crippen LogP) is 4.09. The van der Waals surface area contributed by atoms with Crippen molar-refractivity contribution in [3.8, 4) is 11.5 Å². The molecule has 2 N–H and O–H groups in total. The van der Waals surface area contributed by atoms with Gasteiger partial charge in [-0.1, -0.05) is 42.5 Å². The van der Waals surface area contributed by atoms with Crippen molar-refractivity contribution in [2.75, 3.05) is 0 Å². The Morgan fingerprint density at radius 1 is 0.909 bits per heavy atom. The molecule has 164 valence electrons. The first-order valence-corrected chi connectivity index (χ1v) is 10.0. The minimum absolute atomic E-state index is 0.172. The standard InChI is InChI=1S/C26H19NO6/c27-25(29)22-14-19-9-12-21(15-23(19)33-26(22)30)32-24(28)13-8-17-6-10-20(11-7-17)31-16-18-4-2-1-3-5-18/h1-15H,16H2,(H2,27,29)/b13-8+. The second kappa shape index (κ2) is 9.65. The van der Waals surface area contributed by atoms with Crippen molar-refractivity contribution >= 4 is 28.9 Å². The molecule has 4 aromatic rings. The van der Waals surface area contributed by atoms with Crippen molar-refractivity contribution in [1.82, 2.24) is 0 Å². The van der Waals surface area contributed by atoms with Gasteiger partial charge in [0, 0.05) is 17.5 Å². The van der Waals surface area contributed by atoms with Crippen LogP contribution < -0.4 is 20.8 Å². The molecule has 0 spiro atoms. The molecule has 0 unspecified atom stereocenters. The van der Waals surface area contributed by atoms with E-state index in [-0.39, 0.29) is 16.9 Å². The molecular formula is C26H19NO6. The van der Waals surface area contributed by atoms with Crippen LogP contribution in [0.3, 0.4) is 0 Å². The number of fused-ring (bicyclic) bond motifs is 1. The topological polar surface area (TPSA) is 109 Å². The molecule has 1 heterocycles. The molecule has 1 amide bonds. The summed E-state index contributed by atoms with van der Waals surface area (Å²) in [6, 6.07) is 23.0. The van der Waals surface area contributed by atoms with Crippen molar-refractivity contribution in [2.45, 2.75) is 6.61 Å². The van der Waals surface area contributed by atoms with E-state index in [0.29, 0.717) is 12.0 Å². The van der Waals surface area contributed by atoms with Gasteiger partial charge in [-0.3, -0.25) is 4.79 Å². The minimum Gasteiger partial charge on any atom is -0.489 e. The van der Waals surface area contributed by atoms with Crippen molar-refractivity contribution in [3.05, 3.63) is 112 Å². The quantitative estimate of drug-likeness (QED) is 0.200. The van der Waals surface area contributed by atoms with Crippen molar-refractivity contribution in [3.63, 3.8) is 0 Å². The highest BCUT2D eigenvalue weighted by Crippen LogP contribution is 2.21. The van der Waals surface area contributed by atoms with Gasteiger partial charge in [-0.15, -0.1) is 0 Å². The third-order valence-corrected chi connectivity index (χ3v) is 4.73. The highest BCUT2D eigenvalue weighted by molar-refractivity contribution is 5.95. The second-order valence-electron chi connectivity index (χ2n) is 7.11. The molecule has 0 saturated carbocycles. The van der Waals surface area contributed by atoms with Crippen LogP contribution in [0.15, 0.2) is 94.2 Å². The van der Waals surface area contributed by atoms with E-state index in [0.717, 1.165) is 16.9 Å². The number of amides is 1. The third kappa shape index (κ3) is 5.54. The average molecular weight is 441 g/mol. The van der Waals surface area contributed by atoms with Gasteiger partial charge in [0.15, 0.2) is 0 Å². The second-order valence-corrected chi connectivity index (χ2v) is 7.11. The van der Waals surface area contributed by atoms with Crippen LogP contribution in [0.5, 0.6) is 11.5 Å². The molecule has 0 atom stereocenters. The predicted molar refractivity (Wildman–Crippen MR) is 123 cm³/mol. The maximum absolute atomic E-state index is 12.2. The van der Waals surface area contributed by atoms with Crippen molar-refractivity contribution in [1.29, 1.82) is 0 Å². The molecule has 33 heavy (non-hydrogen) atoms. The van der Waals surface area contributed by atoms with Crippen molar-refractivity contribution in [2.24, 2.45) is 5.73 Å². The van der Waals surface area contributed by atoms with E-state index in [4.69, 9.17) is 19.6 Å². The summed E-state index contributed by atoms with van der Waals surface area (Å²) >= 11 is 0. The van der Waals surface area contributed by atoms with Crippen LogP contribution in [0.4, 0.5) is 0 Å². The molecule has 0 fully saturated rings. The number of hydrogen-bond acceptors (Lipinski definition) is 6. The summed E-state index contributed by atoms with van der Waals surface area (Å²) < 4.78 is 16.1. The first kappa shape index (κ1) is 21.6. The molecule has 7 heteroatoms. The number of nitrogens with two attached hydrogens (primary N) is 1. The maximum Gasteiger partial charge on any atom is 0.349 e. The number of benzene rings is 3. The lowest BCUT2D eigenvalue weighted by Crippen LogP contribution is -2.20. The summed E-state index contributed by atoms with van der Waals surface area (Å²) in [6.07, 6.45) is 2.90. The number of primary amides is 1. The number of rotatable bonds is 7. The lowest BCUT2D eigenvalue weighted by molar-refractivity contribution is -0.128. The van der Waals surface area contributed by atoms with Crippen LogP contribution >= 0.6 is 0 Å². The Morgan fingerprint density at radius 2 is 1.64 bits per heavy atom. The van der Waals surface area contributed by atoms with E-state index in [9.17, 15) is 14.4 Å². The normalized spacial score (nSPS) is 10.9. The monoisotopic (exact) mass is 441 g/mol. The molecule has 4 rings (SSSR count). The van der Waals surface area contributed by atoms with E-state index < -0.39 is 17.5 Å². The molecule has 3 aromatic carbocycles. The Kier molecular flexibility index (Phi) is 6.31. The molecule has 0 aliphatic heterocycles. The van der Waals surface area contributed by atoms with Gasteiger partial charge in [0.2, 0.25) is 0 Å². The fraction of sp³-hybridized carbons (Fsp3) is 0.0385. The molecule has 0 radical (unpaired) electrons. The molecule has 1 aromatic heterocycles. The number of hydrogen-bond donors (Lipinski definition) is 1. The molecule has 0 aliphatic carbocycles. The van der Waals surface area contributed by atoms with E-state index in [1.807, 2.05) is 54.6 Å². The molecule has 7 nitrogen and oxygen atoms in total. The van der Waals surface area contributed by atoms with Crippen LogP contribution in [0.2, 0.25) is 0 Å². The summed E-state index contributed by atoms with van der Waals surface area (Å²) in [6.45, 7) is 0.470. The summed E-state index contributed by atoms with van der Waals surface area (Å²) in [7, 11) is 0. The Hall–Kier alpha value is -4.65. The zero-order valence-corrected chi connectivity index (χ0v) is 17.4. The zero-order valence-electron chi connectivity index (χ0n) is 17.4. The fourth-order valence-corrected chi connectivity index (χ4v) is 3.06. The van der Waals surface area contributed by atoms with Crippen LogP contribution in [0.25, 0.3) is 17.0 Å². The first-order valence-electron chi connectivity index (χ1n) is 10.0. The lowest BCUT2D eigenvalue weighted by atomic mass is 10.1.